The summed E-state index contributed by atoms with van der Waals surface area (Å²) in [5.41, 5.74) is 0.785. The minimum Gasteiger partial charge on any atom is -0.423 e. The second kappa shape index (κ2) is 10.9. The second-order valence-electron chi connectivity index (χ2n) is 5.81. The molecule has 0 unspecified atom stereocenters. The number of esters is 3. The van der Waals surface area contributed by atoms with Gasteiger partial charge in [0, 0.05) is 23.8 Å². The van der Waals surface area contributed by atoms with E-state index in [0.717, 1.165) is 18.2 Å². The average Bonchev–Trinajstić information content (AvgIpc) is 2.78. The van der Waals surface area contributed by atoms with Gasteiger partial charge >= 0.3 is 17.9 Å². The van der Waals surface area contributed by atoms with Gasteiger partial charge in [-0.25, -0.2) is 14.4 Å². The van der Waals surface area contributed by atoms with E-state index in [9.17, 15) is 19.2 Å². The Morgan fingerprint density at radius 3 is 1.97 bits per heavy atom. The first-order valence-electron chi connectivity index (χ1n) is 8.85. The van der Waals surface area contributed by atoms with Gasteiger partial charge in [-0.1, -0.05) is 37.9 Å². The van der Waals surface area contributed by atoms with Gasteiger partial charge in [0.2, 0.25) is 0 Å². The highest BCUT2D eigenvalue weighted by Crippen LogP contribution is 2.29. The summed E-state index contributed by atoms with van der Waals surface area (Å²) in [6.07, 6.45) is 5.73. The SMILES string of the molecule is C=CC(=O)Oc1cccc(/C=C/C(=O)c2ccc(OC(=O)C=C)c(OC(=O)C=C)c2)c1. The molecule has 7 heteroatoms. The van der Waals surface area contributed by atoms with E-state index in [0.29, 0.717) is 11.3 Å². The number of carbonyl (C=O) groups is 4. The van der Waals surface area contributed by atoms with Crippen LogP contribution in [0.2, 0.25) is 0 Å². The summed E-state index contributed by atoms with van der Waals surface area (Å²) in [7, 11) is 0. The Kier molecular flexibility index (Phi) is 7.98. The molecular weight excluding hydrogens is 400 g/mol. The molecule has 0 radical (unpaired) electrons. The Balaban J connectivity index is 2.26. The Labute approximate surface area is 178 Å². The minimum absolute atomic E-state index is 0.0580. The van der Waals surface area contributed by atoms with Crippen LogP contribution in [0.3, 0.4) is 0 Å². The standard InChI is InChI=1S/C24H18O7/c1-4-22(26)29-18-9-7-8-16(14-18)10-12-19(25)17-11-13-20(30-23(27)5-2)21(15-17)31-24(28)6-3/h4-15H,1-3H2/b12-10+. The molecule has 0 spiro atoms. The van der Waals surface area contributed by atoms with Crippen molar-refractivity contribution < 1.29 is 33.4 Å². The smallest absolute Gasteiger partial charge is 0.335 e. The first-order valence-corrected chi connectivity index (χ1v) is 8.85. The molecule has 0 aliphatic carbocycles. The summed E-state index contributed by atoms with van der Waals surface area (Å²) >= 11 is 0. The third-order valence-corrected chi connectivity index (χ3v) is 3.65. The van der Waals surface area contributed by atoms with Crippen LogP contribution in [-0.2, 0) is 14.4 Å². The van der Waals surface area contributed by atoms with E-state index in [4.69, 9.17) is 14.2 Å². The van der Waals surface area contributed by atoms with Crippen LogP contribution in [0.5, 0.6) is 17.2 Å². The highest BCUT2D eigenvalue weighted by molar-refractivity contribution is 6.07. The summed E-state index contributed by atoms with van der Waals surface area (Å²) < 4.78 is 15.1. The molecule has 2 aromatic carbocycles. The zero-order valence-corrected chi connectivity index (χ0v) is 16.4. The third-order valence-electron chi connectivity index (χ3n) is 3.65. The van der Waals surface area contributed by atoms with Crippen molar-refractivity contribution in [2.75, 3.05) is 0 Å². The van der Waals surface area contributed by atoms with E-state index in [1.807, 2.05) is 0 Å². The van der Waals surface area contributed by atoms with Crippen LogP contribution >= 0.6 is 0 Å². The maximum absolute atomic E-state index is 12.6. The molecule has 2 rings (SSSR count). The Morgan fingerprint density at radius 2 is 1.32 bits per heavy atom. The fourth-order valence-electron chi connectivity index (χ4n) is 2.23. The number of benzene rings is 2. The zero-order chi connectivity index (χ0) is 22.8. The van der Waals surface area contributed by atoms with Crippen molar-refractivity contribution in [3.63, 3.8) is 0 Å². The summed E-state index contributed by atoms with van der Waals surface area (Å²) in [6.45, 7) is 9.92. The molecule has 0 aromatic heterocycles. The van der Waals surface area contributed by atoms with E-state index < -0.39 is 23.7 Å². The quantitative estimate of drug-likeness (QED) is 0.264. The largest absolute Gasteiger partial charge is 0.423 e. The molecule has 156 valence electrons. The van der Waals surface area contributed by atoms with Gasteiger partial charge in [0.1, 0.15) is 5.75 Å². The van der Waals surface area contributed by atoms with Gasteiger partial charge in [0.05, 0.1) is 0 Å². The number of hydrogen-bond acceptors (Lipinski definition) is 7. The second-order valence-corrected chi connectivity index (χ2v) is 5.81. The Hall–Kier alpha value is -4.52. The van der Waals surface area contributed by atoms with Gasteiger partial charge in [-0.2, -0.15) is 0 Å². The molecule has 0 fully saturated rings. The maximum atomic E-state index is 12.6. The third kappa shape index (κ3) is 6.79. The summed E-state index contributed by atoms with van der Waals surface area (Å²) in [5.74, 6) is -2.45. The number of allylic oxidation sites excluding steroid dienone is 1. The molecule has 2 aromatic rings. The molecular formula is C24H18O7. The van der Waals surface area contributed by atoms with Gasteiger partial charge in [0.25, 0.3) is 0 Å². The molecule has 0 aliphatic rings. The normalized spacial score (nSPS) is 10.1. The predicted molar refractivity (Wildman–Crippen MR) is 114 cm³/mol. The molecule has 0 atom stereocenters. The molecule has 0 heterocycles. The van der Waals surface area contributed by atoms with Crippen molar-refractivity contribution >= 4 is 29.8 Å². The van der Waals surface area contributed by atoms with Crippen LogP contribution in [0.25, 0.3) is 6.08 Å². The van der Waals surface area contributed by atoms with Gasteiger partial charge in [-0.3, -0.25) is 4.79 Å². The van der Waals surface area contributed by atoms with Gasteiger partial charge in [0.15, 0.2) is 17.3 Å². The minimum atomic E-state index is -0.790. The number of rotatable bonds is 9. The lowest BCUT2D eigenvalue weighted by molar-refractivity contribution is -0.131. The van der Waals surface area contributed by atoms with E-state index in [-0.39, 0.29) is 17.1 Å². The highest BCUT2D eigenvalue weighted by Gasteiger charge is 2.14. The molecule has 0 saturated heterocycles. The van der Waals surface area contributed by atoms with Gasteiger partial charge in [-0.05, 0) is 42.0 Å². The van der Waals surface area contributed by atoms with Crippen molar-refractivity contribution in [1.82, 2.24) is 0 Å². The van der Waals surface area contributed by atoms with Crippen LogP contribution in [0.1, 0.15) is 15.9 Å². The highest BCUT2D eigenvalue weighted by atomic mass is 16.6. The fraction of sp³-hybridized carbons (Fsp3) is 0. The molecule has 0 N–H and O–H groups in total. The zero-order valence-electron chi connectivity index (χ0n) is 16.4. The first kappa shape index (κ1) is 22.8. The molecule has 0 amide bonds. The predicted octanol–water partition coefficient (Wildman–Crippen LogP) is 3.86. The van der Waals surface area contributed by atoms with Crippen molar-refractivity contribution in [2.45, 2.75) is 0 Å². The molecule has 7 nitrogen and oxygen atoms in total. The van der Waals surface area contributed by atoms with Crippen LogP contribution in [0.15, 0.2) is 86.5 Å². The van der Waals surface area contributed by atoms with Crippen molar-refractivity contribution in [1.29, 1.82) is 0 Å². The average molecular weight is 418 g/mol. The Bertz CT molecular complexity index is 1090. The van der Waals surface area contributed by atoms with E-state index in [2.05, 4.69) is 19.7 Å². The molecule has 0 bridgehead atoms. The lowest BCUT2D eigenvalue weighted by atomic mass is 10.1. The molecule has 0 saturated carbocycles. The van der Waals surface area contributed by atoms with Gasteiger partial charge < -0.3 is 14.2 Å². The van der Waals surface area contributed by atoms with E-state index in [1.54, 1.807) is 24.3 Å². The molecule has 0 aliphatic heterocycles. The summed E-state index contributed by atoms with van der Waals surface area (Å²) in [4.78, 5) is 46.9. The van der Waals surface area contributed by atoms with Crippen molar-refractivity contribution in [2.24, 2.45) is 0 Å². The van der Waals surface area contributed by atoms with Crippen molar-refractivity contribution in [3.8, 4) is 17.2 Å². The summed E-state index contributed by atoms with van der Waals surface area (Å²) in [5, 5.41) is 0. The van der Waals surface area contributed by atoms with Crippen molar-refractivity contribution in [3.05, 3.63) is 97.6 Å². The first-order chi connectivity index (χ1) is 14.9. The number of ether oxygens (including phenoxy) is 3. The number of hydrogen-bond donors (Lipinski definition) is 0. The Morgan fingerprint density at radius 1 is 0.710 bits per heavy atom. The van der Waals surface area contributed by atoms with Gasteiger partial charge in [-0.15, -0.1) is 0 Å². The van der Waals surface area contributed by atoms with Crippen LogP contribution in [0.4, 0.5) is 0 Å². The van der Waals surface area contributed by atoms with E-state index >= 15 is 0 Å². The van der Waals surface area contributed by atoms with Crippen LogP contribution < -0.4 is 14.2 Å². The fourth-order valence-corrected chi connectivity index (χ4v) is 2.23. The maximum Gasteiger partial charge on any atom is 0.335 e. The topological polar surface area (TPSA) is 96.0 Å². The summed E-state index contributed by atoms with van der Waals surface area (Å²) in [6, 6.07) is 10.5. The number of ketones is 1. The monoisotopic (exact) mass is 418 g/mol. The van der Waals surface area contributed by atoms with Crippen LogP contribution in [-0.4, -0.2) is 23.7 Å². The lowest BCUT2D eigenvalue weighted by Crippen LogP contribution is -2.09. The van der Waals surface area contributed by atoms with Crippen LogP contribution in [0, 0.1) is 0 Å². The molecule has 31 heavy (non-hydrogen) atoms. The number of carbonyl (C=O) groups excluding carboxylic acids is 4. The van der Waals surface area contributed by atoms with E-state index in [1.165, 1.54) is 30.4 Å². The lowest BCUT2D eigenvalue weighted by Gasteiger charge is -2.09.